The molecule has 0 fully saturated rings. The predicted molar refractivity (Wildman–Crippen MR) is 80.3 cm³/mol. The minimum Gasteiger partial charge on any atom is -0.492 e. The van der Waals surface area contributed by atoms with Crippen molar-refractivity contribution in [2.45, 2.75) is 0 Å². The largest absolute Gasteiger partial charge is 0.492 e. The van der Waals surface area contributed by atoms with Gasteiger partial charge in [0, 0.05) is 12.1 Å². The highest BCUT2D eigenvalue weighted by atomic mass is 35.5. The molecule has 116 valence electrons. The van der Waals surface area contributed by atoms with Gasteiger partial charge in [-0.2, -0.15) is 0 Å². The smallest absolute Gasteiger partial charge is 0.256 e. The molecular formula is C16H14ClF2NO2. The Kier molecular flexibility index (Phi) is 5.33. The monoisotopic (exact) mass is 325 g/mol. The molecule has 0 atom stereocenters. The number of benzene rings is 2. The summed E-state index contributed by atoms with van der Waals surface area (Å²) in [5.41, 5.74) is -0.297. The van der Waals surface area contributed by atoms with Crippen LogP contribution >= 0.6 is 11.6 Å². The minimum absolute atomic E-state index is 0.223. The van der Waals surface area contributed by atoms with E-state index in [4.69, 9.17) is 16.3 Å². The maximum Gasteiger partial charge on any atom is 0.256 e. The van der Waals surface area contributed by atoms with E-state index >= 15 is 0 Å². The lowest BCUT2D eigenvalue weighted by Gasteiger charge is -2.18. The van der Waals surface area contributed by atoms with Gasteiger partial charge in [-0.3, -0.25) is 4.79 Å². The van der Waals surface area contributed by atoms with Gasteiger partial charge in [-0.1, -0.05) is 17.7 Å². The van der Waals surface area contributed by atoms with Crippen LogP contribution in [0.2, 0.25) is 5.02 Å². The molecule has 0 aromatic heterocycles. The van der Waals surface area contributed by atoms with E-state index in [2.05, 4.69) is 0 Å². The van der Waals surface area contributed by atoms with Gasteiger partial charge in [-0.05, 0) is 36.4 Å². The molecule has 2 rings (SSSR count). The van der Waals surface area contributed by atoms with E-state index in [1.807, 2.05) is 0 Å². The summed E-state index contributed by atoms with van der Waals surface area (Å²) < 4.78 is 32.2. The van der Waals surface area contributed by atoms with E-state index < -0.39 is 17.5 Å². The van der Waals surface area contributed by atoms with Crippen molar-refractivity contribution < 1.29 is 18.3 Å². The van der Waals surface area contributed by atoms with E-state index in [0.29, 0.717) is 10.8 Å². The van der Waals surface area contributed by atoms with Crippen LogP contribution in [0, 0.1) is 11.6 Å². The number of amides is 1. The van der Waals surface area contributed by atoms with Gasteiger partial charge in [0.2, 0.25) is 0 Å². The molecule has 0 aliphatic heterocycles. The van der Waals surface area contributed by atoms with E-state index in [9.17, 15) is 13.6 Å². The zero-order valence-electron chi connectivity index (χ0n) is 11.9. The summed E-state index contributed by atoms with van der Waals surface area (Å²) in [4.78, 5) is 13.3. The fourth-order valence-corrected chi connectivity index (χ4v) is 1.93. The van der Waals surface area contributed by atoms with Crippen LogP contribution in [0.4, 0.5) is 8.78 Å². The van der Waals surface area contributed by atoms with E-state index in [0.717, 1.165) is 6.07 Å². The Morgan fingerprint density at radius 3 is 2.55 bits per heavy atom. The first-order valence-electron chi connectivity index (χ1n) is 6.57. The van der Waals surface area contributed by atoms with Gasteiger partial charge in [0.25, 0.3) is 5.91 Å². The molecule has 0 saturated heterocycles. The molecule has 0 radical (unpaired) electrons. The first kappa shape index (κ1) is 16.2. The fraction of sp³-hybridized carbons (Fsp3) is 0.188. The second kappa shape index (κ2) is 7.22. The highest BCUT2D eigenvalue weighted by Gasteiger charge is 2.18. The second-order valence-corrected chi connectivity index (χ2v) is 5.07. The fourth-order valence-electron chi connectivity index (χ4n) is 1.81. The molecule has 0 heterocycles. The third-order valence-corrected chi connectivity index (χ3v) is 3.29. The van der Waals surface area contributed by atoms with Gasteiger partial charge >= 0.3 is 0 Å². The summed E-state index contributed by atoms with van der Waals surface area (Å²) in [5, 5.41) is 0.598. The Balaban J connectivity index is 1.91. The van der Waals surface area contributed by atoms with Crippen LogP contribution in [0.25, 0.3) is 0 Å². The molecule has 0 unspecified atom stereocenters. The van der Waals surface area contributed by atoms with Crippen molar-refractivity contribution >= 4 is 17.5 Å². The molecule has 1 amide bonds. The maximum atomic E-state index is 13.6. The van der Waals surface area contributed by atoms with Crippen LogP contribution in [0.3, 0.4) is 0 Å². The van der Waals surface area contributed by atoms with Gasteiger partial charge in [0.15, 0.2) is 11.6 Å². The van der Waals surface area contributed by atoms with E-state index in [-0.39, 0.29) is 18.7 Å². The number of nitrogens with zero attached hydrogens (tertiary/aromatic N) is 1. The van der Waals surface area contributed by atoms with Crippen LogP contribution in [0.1, 0.15) is 10.4 Å². The molecule has 3 nitrogen and oxygen atoms in total. The quantitative estimate of drug-likeness (QED) is 0.837. The van der Waals surface area contributed by atoms with Crippen LogP contribution < -0.4 is 4.74 Å². The van der Waals surface area contributed by atoms with Crippen LogP contribution in [0.5, 0.6) is 5.75 Å². The van der Waals surface area contributed by atoms with E-state index in [1.54, 1.807) is 24.3 Å². The molecule has 0 saturated carbocycles. The van der Waals surface area contributed by atoms with Gasteiger partial charge in [-0.25, -0.2) is 8.78 Å². The molecule has 22 heavy (non-hydrogen) atoms. The molecule has 0 spiro atoms. The molecule has 0 bridgehead atoms. The van der Waals surface area contributed by atoms with Gasteiger partial charge in [-0.15, -0.1) is 0 Å². The Labute approximate surface area is 132 Å². The predicted octanol–water partition coefficient (Wildman–Crippen LogP) is 3.77. The molecule has 2 aromatic carbocycles. The normalized spacial score (nSPS) is 10.4. The standard InChI is InChI=1S/C16H14ClF2NO2/c1-20(9-10-22-12-7-5-11(17)6-8-12)16(21)13-3-2-4-14(18)15(13)19/h2-8H,9-10H2,1H3. The molecule has 0 aliphatic carbocycles. The van der Waals surface area contributed by atoms with Crippen molar-refractivity contribution in [1.82, 2.24) is 4.90 Å². The van der Waals surface area contributed by atoms with Gasteiger partial charge in [0.1, 0.15) is 12.4 Å². The number of rotatable bonds is 5. The minimum atomic E-state index is -1.14. The van der Waals surface area contributed by atoms with Crippen molar-refractivity contribution in [3.63, 3.8) is 0 Å². The number of hydrogen-bond acceptors (Lipinski definition) is 2. The Bertz CT molecular complexity index is 662. The van der Waals surface area contributed by atoms with Crippen LogP contribution in [-0.2, 0) is 0 Å². The molecular weight excluding hydrogens is 312 g/mol. The lowest BCUT2D eigenvalue weighted by atomic mass is 10.2. The van der Waals surface area contributed by atoms with Crippen molar-refractivity contribution in [2.24, 2.45) is 0 Å². The molecule has 0 aliphatic rings. The molecule has 6 heteroatoms. The summed E-state index contributed by atoms with van der Waals surface area (Å²) in [6.07, 6.45) is 0. The zero-order valence-corrected chi connectivity index (χ0v) is 12.6. The Morgan fingerprint density at radius 2 is 1.86 bits per heavy atom. The zero-order chi connectivity index (χ0) is 16.1. The number of carbonyl (C=O) groups excluding carboxylic acids is 1. The van der Waals surface area contributed by atoms with Crippen LogP contribution in [0.15, 0.2) is 42.5 Å². The number of likely N-dealkylation sites (N-methyl/N-ethyl adjacent to an activating group) is 1. The topological polar surface area (TPSA) is 29.5 Å². The maximum absolute atomic E-state index is 13.6. The summed E-state index contributed by atoms with van der Waals surface area (Å²) in [5.74, 6) is -2.17. The second-order valence-electron chi connectivity index (χ2n) is 4.63. The highest BCUT2D eigenvalue weighted by Crippen LogP contribution is 2.16. The number of hydrogen-bond donors (Lipinski definition) is 0. The number of carbonyl (C=O) groups is 1. The van der Waals surface area contributed by atoms with Crippen molar-refractivity contribution in [2.75, 3.05) is 20.2 Å². The SMILES string of the molecule is CN(CCOc1ccc(Cl)cc1)C(=O)c1cccc(F)c1F. The summed E-state index contributed by atoms with van der Waals surface area (Å²) in [6.45, 7) is 0.457. The molecule has 0 N–H and O–H groups in total. The van der Waals surface area contributed by atoms with Gasteiger partial charge < -0.3 is 9.64 Å². The van der Waals surface area contributed by atoms with E-state index in [1.165, 1.54) is 24.1 Å². The third kappa shape index (κ3) is 3.95. The summed E-state index contributed by atoms with van der Waals surface area (Å²) in [7, 11) is 1.50. The average Bonchev–Trinajstić information content (AvgIpc) is 2.51. The third-order valence-electron chi connectivity index (χ3n) is 3.04. The number of ether oxygens (including phenoxy) is 1. The summed E-state index contributed by atoms with van der Waals surface area (Å²) in [6, 6.07) is 10.3. The van der Waals surface area contributed by atoms with Crippen molar-refractivity contribution in [1.29, 1.82) is 0 Å². The lowest BCUT2D eigenvalue weighted by Crippen LogP contribution is -2.31. The Hall–Kier alpha value is -2.14. The summed E-state index contributed by atoms with van der Waals surface area (Å²) >= 11 is 5.76. The van der Waals surface area contributed by atoms with Crippen molar-refractivity contribution in [3.05, 3.63) is 64.7 Å². The highest BCUT2D eigenvalue weighted by molar-refractivity contribution is 6.30. The average molecular weight is 326 g/mol. The van der Waals surface area contributed by atoms with Crippen LogP contribution in [-0.4, -0.2) is 31.0 Å². The number of halogens is 3. The molecule has 2 aromatic rings. The first-order valence-corrected chi connectivity index (χ1v) is 6.94. The first-order chi connectivity index (χ1) is 10.5. The Morgan fingerprint density at radius 1 is 1.18 bits per heavy atom. The van der Waals surface area contributed by atoms with Gasteiger partial charge in [0.05, 0.1) is 12.1 Å². The van der Waals surface area contributed by atoms with Crippen molar-refractivity contribution in [3.8, 4) is 5.75 Å². The lowest BCUT2D eigenvalue weighted by molar-refractivity contribution is 0.0768.